The van der Waals surface area contributed by atoms with Gasteiger partial charge in [0.05, 0.1) is 39.7 Å². The molecule has 11 heteroatoms. The number of nitrogens with one attached hydrogen (secondary N) is 1. The first kappa shape index (κ1) is 34.8. The summed E-state index contributed by atoms with van der Waals surface area (Å²) in [5.41, 5.74) is 0.702. The van der Waals surface area contributed by atoms with Gasteiger partial charge in [0.25, 0.3) is 0 Å². The molecule has 0 saturated heterocycles. The zero-order valence-electron chi connectivity index (χ0n) is 28.2. The van der Waals surface area contributed by atoms with E-state index in [1.54, 1.807) is 36.7 Å². The molecule has 0 spiro atoms. The van der Waals surface area contributed by atoms with Crippen LogP contribution in [0.1, 0.15) is 74.2 Å². The Morgan fingerprint density at radius 3 is 2.22 bits per heavy atom. The number of halogens is 3. The summed E-state index contributed by atoms with van der Waals surface area (Å²) < 4.78 is 45.4. The molecule has 1 fully saturated rings. The minimum atomic E-state index is -4.49. The van der Waals surface area contributed by atoms with Crippen molar-refractivity contribution in [2.45, 2.75) is 77.5 Å². The normalized spacial score (nSPS) is 15.0. The molecule has 2 N–H and O–H groups in total. The quantitative estimate of drug-likeness (QED) is 0.127. The van der Waals surface area contributed by atoms with Crippen LogP contribution in [0.2, 0.25) is 0 Å². The number of ketones is 1. The highest BCUT2D eigenvalue weighted by molar-refractivity contribution is 6.00. The molecule has 1 unspecified atom stereocenters. The predicted octanol–water partition coefficient (Wildman–Crippen LogP) is 8.67. The second-order valence-electron chi connectivity index (χ2n) is 13.2. The van der Waals surface area contributed by atoms with E-state index < -0.39 is 28.5 Å². The molecule has 3 heterocycles. The van der Waals surface area contributed by atoms with Gasteiger partial charge in [-0.05, 0) is 81.0 Å². The number of aliphatic carboxylic acids is 1. The number of fused-ring (bicyclic) bond motifs is 1. The van der Waals surface area contributed by atoms with Crippen molar-refractivity contribution >= 4 is 22.7 Å². The third-order valence-corrected chi connectivity index (χ3v) is 10.4. The number of rotatable bonds is 13. The molecule has 1 saturated carbocycles. The zero-order valence-corrected chi connectivity index (χ0v) is 28.2. The Kier molecular flexibility index (Phi) is 9.52. The van der Waals surface area contributed by atoms with Crippen molar-refractivity contribution in [1.82, 2.24) is 19.9 Å². The lowest BCUT2D eigenvalue weighted by atomic mass is 9.51. The van der Waals surface area contributed by atoms with Crippen molar-refractivity contribution in [2.75, 3.05) is 0 Å². The Bertz CT molecular complexity index is 1980. The molecule has 1 atom stereocenters. The van der Waals surface area contributed by atoms with Gasteiger partial charge < -0.3 is 14.8 Å². The van der Waals surface area contributed by atoms with Gasteiger partial charge in [0, 0.05) is 40.5 Å². The molecule has 1 aliphatic carbocycles. The monoisotopic (exact) mass is 684 g/mol. The second kappa shape index (κ2) is 13.7. The van der Waals surface area contributed by atoms with E-state index in [4.69, 9.17) is 4.74 Å². The minimum Gasteiger partial charge on any atom is -0.487 e. The van der Waals surface area contributed by atoms with Crippen LogP contribution in [0.3, 0.4) is 0 Å². The van der Waals surface area contributed by atoms with Crippen LogP contribution >= 0.6 is 0 Å². The maximum atomic E-state index is 14.9. The molecule has 0 bridgehead atoms. The number of pyridine rings is 1. The molecule has 6 rings (SSSR count). The number of carboxylic acids is 1. The number of carboxylic acid groups (broad SMARTS) is 1. The highest BCUT2D eigenvalue weighted by Crippen LogP contribution is 2.53. The average molecular weight is 685 g/mol. The molecule has 1 aliphatic rings. The summed E-state index contributed by atoms with van der Waals surface area (Å²) in [6.45, 7) is 5.72. The number of H-pyrrole nitrogens is 1. The van der Waals surface area contributed by atoms with Crippen LogP contribution in [0, 0.1) is 18.3 Å². The number of hydrogen-bond donors (Lipinski definition) is 2. The van der Waals surface area contributed by atoms with E-state index in [1.807, 2.05) is 45.0 Å². The third kappa shape index (κ3) is 6.36. The highest BCUT2D eigenvalue weighted by Gasteiger charge is 2.62. The largest absolute Gasteiger partial charge is 0.487 e. The Morgan fingerprint density at radius 1 is 0.920 bits per heavy atom. The molecular weight excluding hydrogens is 645 g/mol. The van der Waals surface area contributed by atoms with Gasteiger partial charge in [-0.15, -0.1) is 0 Å². The summed E-state index contributed by atoms with van der Waals surface area (Å²) in [6, 6.07) is 16.8. The number of hydrogen-bond acceptors (Lipinski definition) is 6. The van der Waals surface area contributed by atoms with Gasteiger partial charge in [-0.1, -0.05) is 44.5 Å². The summed E-state index contributed by atoms with van der Waals surface area (Å²) in [5, 5.41) is 11.8. The van der Waals surface area contributed by atoms with Crippen LogP contribution in [0.5, 0.6) is 5.75 Å². The molecule has 5 aromatic rings. The van der Waals surface area contributed by atoms with E-state index >= 15 is 0 Å². The number of benzene rings is 2. The number of alkyl halides is 3. The molecule has 0 radical (unpaired) electrons. The smallest absolute Gasteiger partial charge is 0.417 e. The SMILES string of the molecule is CCC(CC)(C(=O)O)C(Cc1ccc(-c2ccc(C(F)(F)F)cn2)cc1)(C(=O)C1CCC1)c1cc2cc(OCc3cnc(C)cn3)ccc2[nH]1. The molecule has 50 heavy (non-hydrogen) atoms. The van der Waals surface area contributed by atoms with E-state index in [2.05, 4.69) is 19.9 Å². The Morgan fingerprint density at radius 2 is 1.66 bits per heavy atom. The maximum absolute atomic E-state index is 14.9. The third-order valence-electron chi connectivity index (χ3n) is 10.4. The summed E-state index contributed by atoms with van der Waals surface area (Å²) in [6.07, 6.45) is 2.48. The summed E-state index contributed by atoms with van der Waals surface area (Å²) >= 11 is 0. The van der Waals surface area contributed by atoms with Crippen molar-refractivity contribution in [1.29, 1.82) is 0 Å². The number of nitrogens with zero attached hydrogens (tertiary/aromatic N) is 3. The van der Waals surface area contributed by atoms with Gasteiger partial charge in [-0.2, -0.15) is 13.2 Å². The van der Waals surface area contributed by atoms with E-state index in [9.17, 15) is 27.9 Å². The number of Topliss-reactive ketones (excluding diaryl/α,β-unsaturated/α-hetero) is 1. The molecule has 3 aromatic heterocycles. The molecular formula is C39H39F3N4O4. The van der Waals surface area contributed by atoms with Gasteiger partial charge in [0.15, 0.2) is 0 Å². The summed E-state index contributed by atoms with van der Waals surface area (Å²) in [4.78, 5) is 44.5. The van der Waals surface area contributed by atoms with Crippen LogP contribution in [-0.4, -0.2) is 36.8 Å². The Labute approximate surface area is 288 Å². The molecule has 2 aromatic carbocycles. The lowest BCUT2D eigenvalue weighted by Crippen LogP contribution is -2.59. The fraction of sp³-hybridized carbons (Fsp3) is 0.359. The van der Waals surface area contributed by atoms with Gasteiger partial charge >= 0.3 is 12.1 Å². The van der Waals surface area contributed by atoms with Crippen molar-refractivity contribution in [3.05, 3.63) is 107 Å². The number of aryl methyl sites for hydroxylation is 1. The van der Waals surface area contributed by atoms with Crippen LogP contribution in [0.25, 0.3) is 22.2 Å². The number of carbonyl (C=O) groups excluding carboxylic acids is 1. The lowest BCUT2D eigenvalue weighted by molar-refractivity contribution is -0.161. The molecule has 260 valence electrons. The predicted molar refractivity (Wildman–Crippen MR) is 182 cm³/mol. The number of aromatic amines is 1. The van der Waals surface area contributed by atoms with Crippen LogP contribution < -0.4 is 4.74 Å². The number of carbonyl (C=O) groups is 2. The van der Waals surface area contributed by atoms with E-state index in [0.717, 1.165) is 40.8 Å². The van der Waals surface area contributed by atoms with Crippen molar-refractivity contribution < 1.29 is 32.6 Å². The van der Waals surface area contributed by atoms with Crippen molar-refractivity contribution in [3.63, 3.8) is 0 Å². The van der Waals surface area contributed by atoms with Crippen LogP contribution in [0.15, 0.2) is 79.3 Å². The number of ether oxygens (including phenoxy) is 1. The van der Waals surface area contributed by atoms with Gasteiger partial charge in [0.1, 0.15) is 18.1 Å². The van der Waals surface area contributed by atoms with Gasteiger partial charge in [-0.3, -0.25) is 24.5 Å². The Balaban J connectivity index is 1.42. The van der Waals surface area contributed by atoms with E-state index in [0.29, 0.717) is 41.2 Å². The standard InChI is InChI=1S/C39H39F3N4O4/c1-4-37(5-2,36(48)49)38(35(47)27-7-6-8-27,19-25-9-11-26(12-10-25)32-15-13-29(21-45-32)39(40,41)42)34-18-28-17-31(14-16-33(28)46-34)50-23-30-22-43-24(3)20-44-30/h9-18,20-22,27,46H,4-8,19,23H2,1-3H3,(H,48,49). The second-order valence-corrected chi connectivity index (χ2v) is 13.2. The van der Waals surface area contributed by atoms with Crippen LogP contribution in [0.4, 0.5) is 13.2 Å². The van der Waals surface area contributed by atoms with Gasteiger partial charge in [-0.25, -0.2) is 0 Å². The van der Waals surface area contributed by atoms with E-state index in [-0.39, 0.29) is 37.6 Å². The lowest BCUT2D eigenvalue weighted by Gasteiger charge is -2.48. The first-order chi connectivity index (χ1) is 23.9. The maximum Gasteiger partial charge on any atom is 0.417 e. The first-order valence-electron chi connectivity index (χ1n) is 16.8. The van der Waals surface area contributed by atoms with Crippen LogP contribution in [-0.2, 0) is 34.2 Å². The average Bonchev–Trinajstić information content (AvgIpc) is 3.51. The summed E-state index contributed by atoms with van der Waals surface area (Å²) in [7, 11) is 0. The highest BCUT2D eigenvalue weighted by atomic mass is 19.4. The summed E-state index contributed by atoms with van der Waals surface area (Å²) in [5.74, 6) is -0.820. The topological polar surface area (TPSA) is 118 Å². The Hall–Kier alpha value is -5.06. The molecule has 8 nitrogen and oxygen atoms in total. The zero-order chi connectivity index (χ0) is 35.7. The number of aromatic nitrogens is 4. The first-order valence-corrected chi connectivity index (χ1v) is 16.8. The minimum absolute atomic E-state index is 0.0932. The molecule has 0 amide bonds. The van der Waals surface area contributed by atoms with E-state index in [1.165, 1.54) is 6.07 Å². The fourth-order valence-corrected chi connectivity index (χ4v) is 7.25. The molecule has 0 aliphatic heterocycles. The van der Waals surface area contributed by atoms with Crippen molar-refractivity contribution in [3.8, 4) is 17.0 Å². The fourth-order valence-electron chi connectivity index (χ4n) is 7.25. The van der Waals surface area contributed by atoms with Crippen molar-refractivity contribution in [2.24, 2.45) is 11.3 Å². The van der Waals surface area contributed by atoms with Gasteiger partial charge in [0.2, 0.25) is 0 Å².